The van der Waals surface area contributed by atoms with Crippen molar-refractivity contribution in [3.05, 3.63) is 61.9 Å². The van der Waals surface area contributed by atoms with Gasteiger partial charge in [-0.3, -0.25) is 9.36 Å². The lowest BCUT2D eigenvalue weighted by Crippen LogP contribution is -2.31. The number of H-pyrrole nitrogens is 1. The van der Waals surface area contributed by atoms with E-state index in [9.17, 15) is 22.8 Å². The van der Waals surface area contributed by atoms with Gasteiger partial charge in [0, 0.05) is 22.1 Å². The van der Waals surface area contributed by atoms with Crippen molar-refractivity contribution in [3.63, 3.8) is 0 Å². The maximum atomic E-state index is 13.0. The number of alkyl halides is 3. The number of carbonyl (C=O) groups is 1. The highest BCUT2D eigenvalue weighted by atomic mass is 79.9. The summed E-state index contributed by atoms with van der Waals surface area (Å²) in [7, 11) is 0. The van der Waals surface area contributed by atoms with Gasteiger partial charge >= 0.3 is 11.9 Å². The molecule has 164 valence electrons. The second-order valence-corrected chi connectivity index (χ2v) is 8.88. The van der Waals surface area contributed by atoms with Crippen molar-refractivity contribution in [2.75, 3.05) is 5.32 Å². The maximum Gasteiger partial charge on any atom is 0.417 e. The molecule has 0 radical (unpaired) electrons. The summed E-state index contributed by atoms with van der Waals surface area (Å²) in [5.74, 6) is -0.670. The minimum absolute atomic E-state index is 0.0491. The molecular formula is C21H18BrClF3N3O2. The first-order valence-corrected chi connectivity index (χ1v) is 10.9. The molecule has 31 heavy (non-hydrogen) atoms. The average Bonchev–Trinajstić information content (AvgIpc) is 3.06. The zero-order valence-electron chi connectivity index (χ0n) is 16.1. The minimum Gasteiger partial charge on any atom is -0.326 e. The third-order valence-electron chi connectivity index (χ3n) is 5.67. The molecule has 1 amide bonds. The zero-order valence-corrected chi connectivity index (χ0v) is 18.4. The topological polar surface area (TPSA) is 66.9 Å². The van der Waals surface area contributed by atoms with Crippen LogP contribution in [0.2, 0.25) is 5.02 Å². The molecule has 0 unspecified atom stereocenters. The van der Waals surface area contributed by atoms with Crippen molar-refractivity contribution in [2.45, 2.75) is 37.9 Å². The number of amides is 1. The number of aromatic amines is 1. The predicted octanol–water partition coefficient (Wildman–Crippen LogP) is 6.13. The number of nitrogens with one attached hydrogen (secondary N) is 2. The van der Waals surface area contributed by atoms with Crippen LogP contribution in [0, 0.1) is 5.92 Å². The Balaban J connectivity index is 1.45. The Morgan fingerprint density at radius 1 is 1.16 bits per heavy atom. The van der Waals surface area contributed by atoms with E-state index in [2.05, 4.69) is 26.2 Å². The zero-order chi connectivity index (χ0) is 22.3. The van der Waals surface area contributed by atoms with Gasteiger partial charge in [0.2, 0.25) is 5.91 Å². The standard InChI is InChI=1S/C21H18BrClF3N3O2/c22-15-2-1-3-17-18(15)28-20(31)29(17)13-7-4-11(5-8-13)19(30)27-12-6-9-16(23)14(10-12)21(24,25)26/h1-3,6,9-11,13H,4-5,7-8H2,(H,27,30)(H,28,31). The molecule has 2 aromatic carbocycles. The highest BCUT2D eigenvalue weighted by Gasteiger charge is 2.34. The van der Waals surface area contributed by atoms with Crippen LogP contribution < -0.4 is 11.0 Å². The third-order valence-corrected chi connectivity index (χ3v) is 6.66. The lowest BCUT2D eigenvalue weighted by Gasteiger charge is -2.28. The van der Waals surface area contributed by atoms with Gasteiger partial charge in [-0.2, -0.15) is 13.2 Å². The van der Waals surface area contributed by atoms with Crippen LogP contribution in [0.5, 0.6) is 0 Å². The van der Waals surface area contributed by atoms with Crippen LogP contribution in [0.1, 0.15) is 37.3 Å². The van der Waals surface area contributed by atoms with Gasteiger partial charge in [-0.25, -0.2) is 4.79 Å². The van der Waals surface area contributed by atoms with Gasteiger partial charge in [-0.15, -0.1) is 0 Å². The number of para-hydroxylation sites is 1. The molecule has 0 aliphatic heterocycles. The van der Waals surface area contributed by atoms with E-state index in [1.165, 1.54) is 6.07 Å². The Morgan fingerprint density at radius 2 is 1.87 bits per heavy atom. The molecule has 1 saturated carbocycles. The van der Waals surface area contributed by atoms with E-state index in [0.717, 1.165) is 27.6 Å². The Bertz CT molecular complexity index is 1200. The van der Waals surface area contributed by atoms with Crippen molar-refractivity contribution in [1.29, 1.82) is 0 Å². The van der Waals surface area contributed by atoms with Crippen LogP contribution in [0.15, 0.2) is 45.7 Å². The molecule has 0 bridgehead atoms. The molecular weight excluding hydrogens is 499 g/mol. The number of fused-ring (bicyclic) bond motifs is 1. The maximum absolute atomic E-state index is 13.0. The first-order valence-electron chi connectivity index (χ1n) is 9.71. The minimum atomic E-state index is -4.60. The summed E-state index contributed by atoms with van der Waals surface area (Å²) >= 11 is 9.06. The highest BCUT2D eigenvalue weighted by Crippen LogP contribution is 2.37. The highest BCUT2D eigenvalue weighted by molar-refractivity contribution is 9.10. The normalized spacial score (nSPS) is 19.5. The van der Waals surface area contributed by atoms with Gasteiger partial charge in [-0.1, -0.05) is 17.7 Å². The van der Waals surface area contributed by atoms with E-state index in [0.29, 0.717) is 25.7 Å². The summed E-state index contributed by atoms with van der Waals surface area (Å²) in [6, 6.07) is 8.85. The number of aromatic nitrogens is 2. The van der Waals surface area contributed by atoms with Gasteiger partial charge < -0.3 is 10.3 Å². The van der Waals surface area contributed by atoms with Crippen LogP contribution >= 0.6 is 27.5 Å². The summed E-state index contributed by atoms with van der Waals surface area (Å²) in [5, 5.41) is 2.16. The summed E-state index contributed by atoms with van der Waals surface area (Å²) in [4.78, 5) is 28.0. The lowest BCUT2D eigenvalue weighted by atomic mass is 9.85. The number of halogens is 5. The van der Waals surface area contributed by atoms with E-state index in [1.54, 1.807) is 4.57 Å². The summed E-state index contributed by atoms with van der Waals surface area (Å²) < 4.78 is 41.6. The monoisotopic (exact) mass is 515 g/mol. The molecule has 2 N–H and O–H groups in total. The van der Waals surface area contributed by atoms with E-state index in [4.69, 9.17) is 11.6 Å². The molecule has 0 atom stereocenters. The summed E-state index contributed by atoms with van der Waals surface area (Å²) in [6.07, 6.45) is -2.30. The number of anilines is 1. The van der Waals surface area contributed by atoms with Crippen LogP contribution in [-0.2, 0) is 11.0 Å². The van der Waals surface area contributed by atoms with E-state index >= 15 is 0 Å². The number of rotatable bonds is 3. The van der Waals surface area contributed by atoms with Crippen LogP contribution in [0.4, 0.5) is 18.9 Å². The van der Waals surface area contributed by atoms with Crippen LogP contribution in [0.25, 0.3) is 11.0 Å². The van der Waals surface area contributed by atoms with Crippen LogP contribution in [0.3, 0.4) is 0 Å². The summed E-state index contributed by atoms with van der Waals surface area (Å²) in [5.41, 5.74) is 0.404. The Morgan fingerprint density at radius 3 is 2.55 bits per heavy atom. The Labute approximate surface area is 188 Å². The first-order chi connectivity index (χ1) is 14.6. The van der Waals surface area contributed by atoms with Crippen molar-refractivity contribution in [3.8, 4) is 0 Å². The second kappa shape index (κ2) is 8.35. The molecule has 0 saturated heterocycles. The third kappa shape index (κ3) is 4.39. The number of imidazole rings is 1. The molecule has 1 heterocycles. The molecule has 1 aliphatic rings. The van der Waals surface area contributed by atoms with Gasteiger partial charge in [0.25, 0.3) is 0 Å². The Kier molecular flexibility index (Phi) is 5.91. The average molecular weight is 517 g/mol. The number of carbonyl (C=O) groups excluding carboxylic acids is 1. The predicted molar refractivity (Wildman–Crippen MR) is 116 cm³/mol. The molecule has 1 aromatic heterocycles. The number of hydrogen-bond donors (Lipinski definition) is 2. The van der Waals surface area contributed by atoms with Crippen LogP contribution in [-0.4, -0.2) is 15.5 Å². The van der Waals surface area contributed by atoms with Crippen molar-refractivity contribution in [2.24, 2.45) is 5.92 Å². The Hall–Kier alpha value is -2.26. The largest absolute Gasteiger partial charge is 0.417 e. The second-order valence-electron chi connectivity index (χ2n) is 7.62. The quantitative estimate of drug-likeness (QED) is 0.439. The fraction of sp³-hybridized carbons (Fsp3) is 0.333. The van der Waals surface area contributed by atoms with Gasteiger partial charge in [-0.05, 0) is 71.9 Å². The molecule has 10 heteroatoms. The molecule has 5 nitrogen and oxygen atoms in total. The fourth-order valence-corrected chi connectivity index (χ4v) is 4.82. The first kappa shape index (κ1) is 22.0. The van der Waals surface area contributed by atoms with Gasteiger partial charge in [0.15, 0.2) is 0 Å². The van der Waals surface area contributed by atoms with Crippen molar-refractivity contribution >= 4 is 50.2 Å². The molecule has 3 aromatic rings. The van der Waals surface area contributed by atoms with E-state index < -0.39 is 16.8 Å². The van der Waals surface area contributed by atoms with Gasteiger partial charge in [0.05, 0.1) is 21.6 Å². The van der Waals surface area contributed by atoms with E-state index in [1.807, 2.05) is 18.2 Å². The summed E-state index contributed by atoms with van der Waals surface area (Å²) in [6.45, 7) is 0. The number of nitrogens with zero attached hydrogens (tertiary/aromatic N) is 1. The number of hydrogen-bond acceptors (Lipinski definition) is 2. The van der Waals surface area contributed by atoms with Crippen molar-refractivity contribution < 1.29 is 18.0 Å². The SMILES string of the molecule is O=C(Nc1ccc(Cl)c(C(F)(F)F)c1)C1CCC(n2c(=O)[nH]c3c(Br)cccc32)CC1. The molecule has 0 spiro atoms. The van der Waals surface area contributed by atoms with Crippen molar-refractivity contribution in [1.82, 2.24) is 9.55 Å². The van der Waals surface area contributed by atoms with E-state index in [-0.39, 0.29) is 29.2 Å². The molecule has 1 fully saturated rings. The smallest absolute Gasteiger partial charge is 0.326 e. The van der Waals surface area contributed by atoms with Gasteiger partial charge in [0.1, 0.15) is 0 Å². The molecule has 1 aliphatic carbocycles. The number of benzene rings is 2. The fourth-order valence-electron chi connectivity index (χ4n) is 4.14. The molecule has 4 rings (SSSR count). The lowest BCUT2D eigenvalue weighted by molar-refractivity contribution is -0.137.